The predicted molar refractivity (Wildman–Crippen MR) is 57.3 cm³/mol. The Hall–Kier alpha value is -1.89. The predicted octanol–water partition coefficient (Wildman–Crippen LogP) is -1.22. The van der Waals surface area contributed by atoms with Crippen LogP contribution >= 0.6 is 0 Å². The zero-order valence-electron chi connectivity index (χ0n) is 9.61. The lowest BCUT2D eigenvalue weighted by atomic mass is 10.4. The topological polar surface area (TPSA) is 86.6 Å². The molecule has 0 aliphatic carbocycles. The smallest absolute Gasteiger partial charge is 0.317 e. The number of carbonyl (C=O) groups is 2. The van der Waals surface area contributed by atoms with Crippen LogP contribution in [-0.2, 0) is 23.2 Å². The van der Waals surface area contributed by atoms with Crippen molar-refractivity contribution in [2.45, 2.75) is 6.54 Å². The second-order valence-electron chi connectivity index (χ2n) is 3.82. The minimum Gasteiger partial charge on any atom is -0.480 e. The molecule has 0 saturated heterocycles. The Labute approximate surface area is 98.5 Å². The van der Waals surface area contributed by atoms with Crippen molar-refractivity contribution in [3.8, 4) is 0 Å². The molecule has 94 valence electrons. The van der Waals surface area contributed by atoms with Crippen molar-refractivity contribution in [2.75, 3.05) is 19.6 Å². The van der Waals surface area contributed by atoms with Gasteiger partial charge in [0.2, 0.25) is 6.33 Å². The molecule has 1 aromatic rings. The third kappa shape index (κ3) is 5.12. The summed E-state index contributed by atoms with van der Waals surface area (Å²) in [4.78, 5) is 22.5. The van der Waals surface area contributed by atoms with Crippen LogP contribution in [0.2, 0.25) is 0 Å². The van der Waals surface area contributed by atoms with E-state index in [0.29, 0.717) is 13.1 Å². The fraction of sp³-hybridized carbons (Fsp3) is 0.500. The monoisotopic (exact) mass is 242 g/mol. The van der Waals surface area contributed by atoms with Gasteiger partial charge >= 0.3 is 11.9 Å². The Bertz CT molecular complexity index is 386. The highest BCUT2D eigenvalue weighted by atomic mass is 16.4. The molecule has 0 aromatic carbocycles. The highest BCUT2D eigenvalue weighted by Gasteiger charge is 2.14. The number of aliphatic carboxylic acids is 2. The van der Waals surface area contributed by atoms with E-state index < -0.39 is 11.9 Å². The highest BCUT2D eigenvalue weighted by molar-refractivity contribution is 5.72. The second kappa shape index (κ2) is 6.00. The molecule has 0 fully saturated rings. The summed E-state index contributed by atoms with van der Waals surface area (Å²) in [6, 6.07) is 0. The first-order chi connectivity index (χ1) is 7.97. The summed E-state index contributed by atoms with van der Waals surface area (Å²) >= 11 is 0. The number of imidazole rings is 1. The maximum Gasteiger partial charge on any atom is 0.317 e. The molecular weight excluding hydrogens is 226 g/mol. The molecule has 0 radical (unpaired) electrons. The van der Waals surface area contributed by atoms with E-state index in [4.69, 9.17) is 10.2 Å². The van der Waals surface area contributed by atoms with Crippen molar-refractivity contribution < 1.29 is 24.4 Å². The van der Waals surface area contributed by atoms with Gasteiger partial charge in [0.05, 0.1) is 20.1 Å². The van der Waals surface area contributed by atoms with Crippen molar-refractivity contribution in [2.24, 2.45) is 7.05 Å². The van der Waals surface area contributed by atoms with Crippen LogP contribution in [0, 0.1) is 0 Å². The Morgan fingerprint density at radius 3 is 2.29 bits per heavy atom. The zero-order chi connectivity index (χ0) is 12.8. The molecule has 1 heterocycles. The lowest BCUT2D eigenvalue weighted by Crippen LogP contribution is -2.36. The molecule has 1 aromatic heterocycles. The van der Waals surface area contributed by atoms with E-state index in [0.717, 1.165) is 0 Å². The van der Waals surface area contributed by atoms with Gasteiger partial charge in [-0.15, -0.1) is 0 Å². The van der Waals surface area contributed by atoms with Crippen molar-refractivity contribution in [1.82, 2.24) is 9.47 Å². The maximum atomic E-state index is 10.6. The third-order valence-electron chi connectivity index (χ3n) is 2.22. The van der Waals surface area contributed by atoms with E-state index in [1.54, 1.807) is 0 Å². The Kier molecular flexibility index (Phi) is 4.65. The van der Waals surface area contributed by atoms with Crippen LogP contribution in [0.4, 0.5) is 0 Å². The Morgan fingerprint density at radius 1 is 1.29 bits per heavy atom. The number of hydrogen-bond acceptors (Lipinski definition) is 3. The van der Waals surface area contributed by atoms with Gasteiger partial charge in [-0.2, -0.15) is 0 Å². The summed E-state index contributed by atoms with van der Waals surface area (Å²) in [5, 5.41) is 17.3. The summed E-state index contributed by atoms with van der Waals surface area (Å²) in [7, 11) is 1.88. The van der Waals surface area contributed by atoms with Crippen molar-refractivity contribution in [1.29, 1.82) is 0 Å². The summed E-state index contributed by atoms with van der Waals surface area (Å²) in [6.45, 7) is 0.411. The van der Waals surface area contributed by atoms with Crippen LogP contribution in [0.1, 0.15) is 0 Å². The number of nitrogens with zero attached hydrogens (tertiary/aromatic N) is 3. The SMILES string of the molecule is C[n+]1ccn(CCN(CC(=O)O)CC(=O)O)c1. The molecular formula is C10H16N3O4+. The molecule has 0 spiro atoms. The van der Waals surface area contributed by atoms with Crippen molar-refractivity contribution >= 4 is 11.9 Å². The van der Waals surface area contributed by atoms with Crippen LogP contribution in [0.15, 0.2) is 18.7 Å². The third-order valence-corrected chi connectivity index (χ3v) is 2.22. The van der Waals surface area contributed by atoms with Crippen LogP contribution in [0.3, 0.4) is 0 Å². The molecule has 0 unspecified atom stereocenters. The van der Waals surface area contributed by atoms with Crippen LogP contribution < -0.4 is 4.57 Å². The quantitative estimate of drug-likeness (QED) is 0.585. The van der Waals surface area contributed by atoms with Gasteiger partial charge in [0.1, 0.15) is 18.9 Å². The van der Waals surface area contributed by atoms with Crippen molar-refractivity contribution in [3.63, 3.8) is 0 Å². The summed E-state index contributed by atoms with van der Waals surface area (Å²) < 4.78 is 3.73. The first-order valence-corrected chi connectivity index (χ1v) is 5.14. The van der Waals surface area contributed by atoms with E-state index in [2.05, 4.69) is 0 Å². The average molecular weight is 242 g/mol. The molecule has 7 heteroatoms. The number of carboxylic acid groups (broad SMARTS) is 2. The van der Waals surface area contributed by atoms with E-state index in [1.165, 1.54) is 4.90 Å². The van der Waals surface area contributed by atoms with E-state index >= 15 is 0 Å². The average Bonchev–Trinajstić information content (AvgIpc) is 2.59. The Balaban J connectivity index is 2.48. The number of rotatable bonds is 7. The lowest BCUT2D eigenvalue weighted by Gasteiger charge is -2.16. The van der Waals surface area contributed by atoms with Gasteiger partial charge in [0, 0.05) is 6.54 Å². The number of hydrogen-bond donors (Lipinski definition) is 2. The molecule has 1 rings (SSSR count). The molecule has 0 aliphatic rings. The van der Waals surface area contributed by atoms with E-state index in [1.807, 2.05) is 34.9 Å². The first-order valence-electron chi connectivity index (χ1n) is 5.14. The molecule has 0 saturated carbocycles. The molecule has 0 bridgehead atoms. The van der Waals surface area contributed by atoms with Crippen molar-refractivity contribution in [3.05, 3.63) is 18.7 Å². The number of aryl methyl sites for hydroxylation is 1. The maximum absolute atomic E-state index is 10.6. The normalized spacial score (nSPS) is 10.7. The lowest BCUT2D eigenvalue weighted by molar-refractivity contribution is -0.671. The van der Waals surface area contributed by atoms with Crippen LogP contribution in [0.5, 0.6) is 0 Å². The fourth-order valence-corrected chi connectivity index (χ4v) is 1.49. The molecule has 7 nitrogen and oxygen atoms in total. The van der Waals surface area contributed by atoms with Gasteiger partial charge in [-0.05, 0) is 0 Å². The van der Waals surface area contributed by atoms with Gasteiger partial charge < -0.3 is 10.2 Å². The summed E-state index contributed by atoms with van der Waals surface area (Å²) in [5.74, 6) is -2.05. The van der Waals surface area contributed by atoms with Crippen LogP contribution in [-0.4, -0.2) is 51.3 Å². The highest BCUT2D eigenvalue weighted by Crippen LogP contribution is 1.92. The van der Waals surface area contributed by atoms with Gasteiger partial charge in [-0.25, -0.2) is 9.13 Å². The molecule has 17 heavy (non-hydrogen) atoms. The van der Waals surface area contributed by atoms with Gasteiger partial charge in [-0.3, -0.25) is 14.5 Å². The molecule has 0 amide bonds. The Morgan fingerprint density at radius 2 is 1.88 bits per heavy atom. The van der Waals surface area contributed by atoms with Gasteiger partial charge in [0.25, 0.3) is 0 Å². The second-order valence-corrected chi connectivity index (χ2v) is 3.82. The zero-order valence-corrected chi connectivity index (χ0v) is 9.61. The van der Waals surface area contributed by atoms with Gasteiger partial charge in [-0.1, -0.05) is 0 Å². The standard InChI is InChI=1S/C10H15N3O4/c1-11-2-3-12(8-11)4-5-13(6-9(14)15)7-10(16)17/h2-3,8H,4-7H2,1H3,(H-,14,15,16,17)/p+1. The van der Waals surface area contributed by atoms with Gasteiger partial charge in [0.15, 0.2) is 0 Å². The number of carboxylic acids is 2. The minimum absolute atomic E-state index is 0.264. The fourth-order valence-electron chi connectivity index (χ4n) is 1.49. The molecule has 2 N–H and O–H groups in total. The largest absolute Gasteiger partial charge is 0.480 e. The first kappa shape index (κ1) is 13.2. The molecule has 0 atom stereocenters. The molecule has 0 aliphatic heterocycles. The number of aromatic nitrogens is 2. The van der Waals surface area contributed by atoms with E-state index in [9.17, 15) is 9.59 Å². The summed E-state index contributed by atoms with van der Waals surface area (Å²) in [5.41, 5.74) is 0. The minimum atomic E-state index is -1.02. The van der Waals surface area contributed by atoms with E-state index in [-0.39, 0.29) is 13.1 Å². The van der Waals surface area contributed by atoms with Crippen LogP contribution in [0.25, 0.3) is 0 Å². The summed E-state index contributed by atoms with van der Waals surface area (Å²) in [6.07, 6.45) is 5.55.